The lowest BCUT2D eigenvalue weighted by atomic mass is 10.1. The number of hydrogen-bond donors (Lipinski definition) is 2. The predicted octanol–water partition coefficient (Wildman–Crippen LogP) is 1.69. The van der Waals surface area contributed by atoms with Gasteiger partial charge in [-0.3, -0.25) is 9.59 Å². The number of fused-ring (bicyclic) bond motifs is 2. The summed E-state index contributed by atoms with van der Waals surface area (Å²) in [7, 11) is 0. The van der Waals surface area contributed by atoms with Gasteiger partial charge < -0.3 is 29.6 Å². The second-order valence-corrected chi connectivity index (χ2v) is 6.22. The van der Waals surface area contributed by atoms with E-state index < -0.39 is 0 Å². The van der Waals surface area contributed by atoms with Crippen LogP contribution in [0.3, 0.4) is 0 Å². The quantitative estimate of drug-likeness (QED) is 0.832. The van der Waals surface area contributed by atoms with Crippen LogP contribution < -0.4 is 29.6 Å². The lowest BCUT2D eigenvalue weighted by molar-refractivity contribution is 0.0912. The van der Waals surface area contributed by atoms with E-state index >= 15 is 0 Å². The lowest BCUT2D eigenvalue weighted by Gasteiger charge is -2.15. The van der Waals surface area contributed by atoms with Gasteiger partial charge in [-0.1, -0.05) is 0 Å². The van der Waals surface area contributed by atoms with Gasteiger partial charge in [0.2, 0.25) is 13.6 Å². The number of hydrogen-bond acceptors (Lipinski definition) is 6. The fourth-order valence-electron chi connectivity index (χ4n) is 2.78. The summed E-state index contributed by atoms with van der Waals surface area (Å²) in [5, 5.41) is 5.63. The van der Waals surface area contributed by atoms with Crippen LogP contribution in [0.5, 0.6) is 23.0 Å². The molecule has 4 rings (SSSR count). The normalized spacial score (nSPS) is 14.6. The van der Waals surface area contributed by atoms with Crippen molar-refractivity contribution in [3.8, 4) is 23.0 Å². The zero-order valence-corrected chi connectivity index (χ0v) is 14.6. The number of rotatable bonds is 5. The molecule has 2 N–H and O–H groups in total. The van der Waals surface area contributed by atoms with Gasteiger partial charge in [-0.15, -0.1) is 0 Å². The van der Waals surface area contributed by atoms with Crippen LogP contribution in [0.4, 0.5) is 0 Å². The summed E-state index contributed by atoms with van der Waals surface area (Å²) < 4.78 is 21.0. The Bertz CT molecular complexity index is 898. The summed E-state index contributed by atoms with van der Waals surface area (Å²) in [5.74, 6) is 1.83. The van der Waals surface area contributed by atoms with E-state index in [1.807, 2.05) is 6.92 Å². The molecule has 140 valence electrons. The third-order valence-electron chi connectivity index (χ3n) is 4.22. The zero-order chi connectivity index (χ0) is 18.8. The first-order valence-corrected chi connectivity index (χ1v) is 8.48. The largest absolute Gasteiger partial charge is 0.454 e. The predicted molar refractivity (Wildman–Crippen MR) is 94.4 cm³/mol. The van der Waals surface area contributed by atoms with Crippen molar-refractivity contribution in [2.45, 2.75) is 13.0 Å². The standard InChI is InChI=1S/C19H18N2O6/c1-11(21-19(23)13-3-5-15-17(7-13)27-10-25-15)8-20-18(22)12-2-4-14-16(6-12)26-9-24-14/h2-7,11H,8-10H2,1H3,(H,20,22)(H,21,23)/t11-/m0/s1. The molecule has 2 amide bonds. The van der Waals surface area contributed by atoms with E-state index in [2.05, 4.69) is 10.6 Å². The highest BCUT2D eigenvalue weighted by Gasteiger charge is 2.19. The van der Waals surface area contributed by atoms with Gasteiger partial charge in [0.1, 0.15) is 0 Å². The molecule has 0 spiro atoms. The van der Waals surface area contributed by atoms with E-state index in [1.165, 1.54) is 0 Å². The van der Waals surface area contributed by atoms with E-state index in [9.17, 15) is 9.59 Å². The molecule has 0 saturated heterocycles. The van der Waals surface area contributed by atoms with Crippen LogP contribution in [-0.2, 0) is 0 Å². The van der Waals surface area contributed by atoms with Crippen molar-refractivity contribution in [2.24, 2.45) is 0 Å². The van der Waals surface area contributed by atoms with E-state index in [4.69, 9.17) is 18.9 Å². The van der Waals surface area contributed by atoms with Gasteiger partial charge in [0.05, 0.1) is 0 Å². The van der Waals surface area contributed by atoms with Crippen molar-refractivity contribution < 1.29 is 28.5 Å². The Balaban J connectivity index is 1.31. The van der Waals surface area contributed by atoms with Crippen molar-refractivity contribution in [3.05, 3.63) is 47.5 Å². The van der Waals surface area contributed by atoms with Crippen LogP contribution in [0, 0.1) is 0 Å². The van der Waals surface area contributed by atoms with Crippen LogP contribution >= 0.6 is 0 Å². The van der Waals surface area contributed by atoms with E-state index in [1.54, 1.807) is 36.4 Å². The number of carbonyl (C=O) groups excluding carboxylic acids is 2. The van der Waals surface area contributed by atoms with Gasteiger partial charge in [-0.25, -0.2) is 0 Å². The van der Waals surface area contributed by atoms with Crippen LogP contribution in [0.15, 0.2) is 36.4 Å². The smallest absolute Gasteiger partial charge is 0.251 e. The lowest BCUT2D eigenvalue weighted by Crippen LogP contribution is -2.41. The average Bonchev–Trinajstić information content (AvgIpc) is 3.33. The second-order valence-electron chi connectivity index (χ2n) is 6.22. The van der Waals surface area contributed by atoms with Gasteiger partial charge in [-0.05, 0) is 43.3 Å². The summed E-state index contributed by atoms with van der Waals surface area (Å²) in [5.41, 5.74) is 0.932. The molecule has 0 bridgehead atoms. The summed E-state index contributed by atoms with van der Waals surface area (Å²) in [6, 6.07) is 9.73. The minimum atomic E-state index is -0.263. The van der Waals surface area contributed by atoms with Crippen molar-refractivity contribution >= 4 is 11.8 Å². The van der Waals surface area contributed by atoms with Crippen molar-refractivity contribution in [3.63, 3.8) is 0 Å². The van der Waals surface area contributed by atoms with Crippen LogP contribution in [0.2, 0.25) is 0 Å². The van der Waals surface area contributed by atoms with E-state index in [0.29, 0.717) is 34.1 Å². The van der Waals surface area contributed by atoms with Gasteiger partial charge in [-0.2, -0.15) is 0 Å². The first-order valence-electron chi connectivity index (χ1n) is 8.48. The molecule has 0 fully saturated rings. The first kappa shape index (κ1) is 17.0. The second kappa shape index (κ2) is 7.06. The molecule has 2 aliphatic heterocycles. The topological polar surface area (TPSA) is 95.1 Å². The molecule has 8 heteroatoms. The highest BCUT2D eigenvalue weighted by Crippen LogP contribution is 2.33. The van der Waals surface area contributed by atoms with Gasteiger partial charge in [0.25, 0.3) is 11.8 Å². The third-order valence-corrected chi connectivity index (χ3v) is 4.22. The summed E-state index contributed by atoms with van der Waals surface area (Å²) in [6.45, 7) is 2.40. The highest BCUT2D eigenvalue weighted by molar-refractivity contribution is 5.96. The van der Waals surface area contributed by atoms with E-state index in [-0.39, 0.29) is 38.0 Å². The summed E-state index contributed by atoms with van der Waals surface area (Å²) >= 11 is 0. The summed E-state index contributed by atoms with van der Waals surface area (Å²) in [6.07, 6.45) is 0. The number of carbonyl (C=O) groups is 2. The zero-order valence-electron chi connectivity index (χ0n) is 14.6. The molecule has 1 atom stereocenters. The molecule has 0 aliphatic carbocycles. The minimum Gasteiger partial charge on any atom is -0.454 e. The molecule has 0 radical (unpaired) electrons. The Hall–Kier alpha value is -3.42. The maximum Gasteiger partial charge on any atom is 0.251 e. The Kier molecular flexibility index (Phi) is 4.45. The molecular weight excluding hydrogens is 352 g/mol. The van der Waals surface area contributed by atoms with Crippen molar-refractivity contribution in [2.75, 3.05) is 20.1 Å². The van der Waals surface area contributed by atoms with Gasteiger partial charge in [0, 0.05) is 23.7 Å². The van der Waals surface area contributed by atoms with E-state index in [0.717, 1.165) is 0 Å². The van der Waals surface area contributed by atoms with Crippen LogP contribution in [0.25, 0.3) is 0 Å². The molecule has 8 nitrogen and oxygen atoms in total. The van der Waals surface area contributed by atoms with Gasteiger partial charge >= 0.3 is 0 Å². The molecule has 0 aromatic heterocycles. The highest BCUT2D eigenvalue weighted by atomic mass is 16.7. The molecular formula is C19H18N2O6. The summed E-state index contributed by atoms with van der Waals surface area (Å²) in [4.78, 5) is 24.6. The Morgan fingerprint density at radius 3 is 1.96 bits per heavy atom. The van der Waals surface area contributed by atoms with Crippen LogP contribution in [0.1, 0.15) is 27.6 Å². The monoisotopic (exact) mass is 370 g/mol. The maximum absolute atomic E-state index is 12.3. The average molecular weight is 370 g/mol. The molecule has 2 aromatic rings. The van der Waals surface area contributed by atoms with Crippen LogP contribution in [-0.4, -0.2) is 38.0 Å². The number of ether oxygens (including phenoxy) is 4. The Morgan fingerprint density at radius 2 is 1.37 bits per heavy atom. The number of nitrogens with one attached hydrogen (secondary N) is 2. The molecule has 27 heavy (non-hydrogen) atoms. The SMILES string of the molecule is C[C@@H](CNC(=O)c1ccc2c(c1)OCO2)NC(=O)c1ccc2c(c1)OCO2. The fourth-order valence-corrected chi connectivity index (χ4v) is 2.78. The Labute approximate surface area is 155 Å². The fraction of sp³-hybridized carbons (Fsp3) is 0.263. The number of benzene rings is 2. The third kappa shape index (κ3) is 3.59. The first-order chi connectivity index (χ1) is 13.1. The van der Waals surface area contributed by atoms with Crippen molar-refractivity contribution in [1.29, 1.82) is 0 Å². The molecule has 0 unspecified atom stereocenters. The van der Waals surface area contributed by atoms with Gasteiger partial charge in [0.15, 0.2) is 23.0 Å². The molecule has 0 saturated carbocycles. The Morgan fingerprint density at radius 1 is 0.852 bits per heavy atom. The molecule has 2 heterocycles. The minimum absolute atomic E-state index is 0.155. The van der Waals surface area contributed by atoms with Crippen molar-refractivity contribution in [1.82, 2.24) is 10.6 Å². The molecule has 2 aromatic carbocycles. The number of amides is 2. The maximum atomic E-state index is 12.3. The molecule has 2 aliphatic rings.